The molecule has 3 N–H and O–H groups in total. The second-order valence-electron chi connectivity index (χ2n) is 6.81. The molecule has 1 saturated heterocycles. The molecule has 26 heavy (non-hydrogen) atoms. The highest BCUT2D eigenvalue weighted by Gasteiger charge is 2.28. The first-order valence-corrected chi connectivity index (χ1v) is 8.98. The van der Waals surface area contributed by atoms with Gasteiger partial charge in [-0.1, -0.05) is 37.3 Å². The summed E-state index contributed by atoms with van der Waals surface area (Å²) in [5.41, 5.74) is 7.76. The highest BCUT2D eigenvalue weighted by molar-refractivity contribution is 5.93. The average molecular weight is 355 g/mol. The van der Waals surface area contributed by atoms with Gasteiger partial charge in [0.2, 0.25) is 5.91 Å². The lowest BCUT2D eigenvalue weighted by Gasteiger charge is -2.33. The zero-order valence-electron chi connectivity index (χ0n) is 14.9. The summed E-state index contributed by atoms with van der Waals surface area (Å²) in [4.78, 5) is 26.6. The minimum atomic E-state index is -0.334. The molecule has 0 aliphatic carbocycles. The van der Waals surface area contributed by atoms with Crippen LogP contribution in [0, 0.1) is 5.92 Å². The van der Waals surface area contributed by atoms with Crippen LogP contribution in [-0.2, 0) is 4.79 Å². The lowest BCUT2D eigenvalue weighted by molar-refractivity contribution is -0.126. The van der Waals surface area contributed by atoms with E-state index in [4.69, 9.17) is 10.2 Å². The molecule has 2 aromatic rings. The Hall–Kier alpha value is -2.60. The smallest absolute Gasteiger partial charge is 0.257 e. The summed E-state index contributed by atoms with van der Waals surface area (Å²) in [5.74, 6) is -0.382. The first-order chi connectivity index (χ1) is 12.6. The van der Waals surface area contributed by atoms with E-state index >= 15 is 0 Å². The number of hydrogen-bond donors (Lipinski definition) is 2. The highest BCUT2D eigenvalue weighted by Crippen LogP contribution is 2.20. The number of piperidine rings is 1. The van der Waals surface area contributed by atoms with Crippen molar-refractivity contribution in [3.05, 3.63) is 60.1 Å². The SMILES string of the molecule is CC(C(=O)NC1CCN(C(=O)c2ccoc2)CC1)C(N)c1ccccc1. The number of benzene rings is 1. The van der Waals surface area contributed by atoms with Gasteiger partial charge in [-0.25, -0.2) is 0 Å². The Labute approximate surface area is 153 Å². The maximum Gasteiger partial charge on any atom is 0.257 e. The van der Waals surface area contributed by atoms with Crippen molar-refractivity contribution in [1.29, 1.82) is 0 Å². The molecule has 0 spiro atoms. The van der Waals surface area contributed by atoms with E-state index in [-0.39, 0.29) is 29.8 Å². The zero-order chi connectivity index (χ0) is 18.5. The van der Waals surface area contributed by atoms with Crippen LogP contribution in [0.4, 0.5) is 0 Å². The third-order valence-corrected chi connectivity index (χ3v) is 5.03. The number of rotatable bonds is 5. The number of likely N-dealkylation sites (tertiary alicyclic amines) is 1. The van der Waals surface area contributed by atoms with E-state index in [0.29, 0.717) is 18.7 Å². The molecular formula is C20H25N3O3. The molecule has 6 nitrogen and oxygen atoms in total. The second kappa shape index (κ2) is 8.19. The van der Waals surface area contributed by atoms with Gasteiger partial charge in [0.15, 0.2) is 0 Å². The minimum Gasteiger partial charge on any atom is -0.472 e. The van der Waals surface area contributed by atoms with E-state index in [0.717, 1.165) is 18.4 Å². The van der Waals surface area contributed by atoms with Gasteiger partial charge < -0.3 is 20.4 Å². The van der Waals surface area contributed by atoms with E-state index in [1.807, 2.05) is 37.3 Å². The molecule has 3 rings (SSSR count). The quantitative estimate of drug-likeness (QED) is 0.861. The third-order valence-electron chi connectivity index (χ3n) is 5.03. The van der Waals surface area contributed by atoms with Crippen molar-refractivity contribution in [2.45, 2.75) is 31.8 Å². The molecule has 0 saturated carbocycles. The standard InChI is InChI=1S/C20H25N3O3/c1-14(18(21)15-5-3-2-4-6-15)19(24)22-17-7-10-23(11-8-17)20(25)16-9-12-26-13-16/h2-6,9,12-14,17-18H,7-8,10-11,21H2,1H3,(H,22,24). The number of nitrogens with one attached hydrogen (secondary N) is 1. The Morgan fingerprint density at radius 2 is 1.88 bits per heavy atom. The molecule has 6 heteroatoms. The predicted octanol–water partition coefficient (Wildman–Crippen LogP) is 2.34. The van der Waals surface area contributed by atoms with Crippen LogP contribution in [0.15, 0.2) is 53.3 Å². The van der Waals surface area contributed by atoms with Gasteiger partial charge in [0.1, 0.15) is 6.26 Å². The van der Waals surface area contributed by atoms with Crippen LogP contribution in [0.2, 0.25) is 0 Å². The number of carbonyl (C=O) groups is 2. The van der Waals surface area contributed by atoms with Crippen LogP contribution in [0.1, 0.15) is 41.7 Å². The molecular weight excluding hydrogens is 330 g/mol. The number of nitrogens with two attached hydrogens (primary N) is 1. The van der Waals surface area contributed by atoms with Crippen molar-refractivity contribution in [2.75, 3.05) is 13.1 Å². The maximum absolute atomic E-state index is 12.5. The fourth-order valence-corrected chi connectivity index (χ4v) is 3.26. The van der Waals surface area contributed by atoms with Gasteiger partial charge >= 0.3 is 0 Å². The van der Waals surface area contributed by atoms with Gasteiger partial charge in [0.05, 0.1) is 17.7 Å². The topological polar surface area (TPSA) is 88.6 Å². The molecule has 1 aromatic heterocycles. The van der Waals surface area contributed by atoms with Crippen molar-refractivity contribution in [1.82, 2.24) is 10.2 Å². The summed E-state index contributed by atoms with van der Waals surface area (Å²) in [5, 5.41) is 3.09. The largest absolute Gasteiger partial charge is 0.472 e. The van der Waals surface area contributed by atoms with Crippen molar-refractivity contribution in [2.24, 2.45) is 11.7 Å². The molecule has 138 valence electrons. The van der Waals surface area contributed by atoms with Gasteiger partial charge in [-0.3, -0.25) is 9.59 Å². The minimum absolute atomic E-state index is 0.0250. The van der Waals surface area contributed by atoms with Crippen molar-refractivity contribution in [3.63, 3.8) is 0 Å². The van der Waals surface area contributed by atoms with Crippen molar-refractivity contribution >= 4 is 11.8 Å². The molecule has 2 atom stereocenters. The second-order valence-corrected chi connectivity index (χ2v) is 6.81. The maximum atomic E-state index is 12.5. The first kappa shape index (κ1) is 18.2. The summed E-state index contributed by atoms with van der Waals surface area (Å²) < 4.78 is 4.97. The van der Waals surface area contributed by atoms with Crippen molar-refractivity contribution < 1.29 is 14.0 Å². The van der Waals surface area contributed by atoms with Crippen LogP contribution in [0.5, 0.6) is 0 Å². The molecule has 2 heterocycles. The Morgan fingerprint density at radius 3 is 2.50 bits per heavy atom. The molecule has 2 amide bonds. The van der Waals surface area contributed by atoms with Gasteiger partial charge in [-0.15, -0.1) is 0 Å². The van der Waals surface area contributed by atoms with E-state index in [1.165, 1.54) is 12.5 Å². The van der Waals surface area contributed by atoms with E-state index < -0.39 is 0 Å². The molecule has 1 fully saturated rings. The van der Waals surface area contributed by atoms with Crippen molar-refractivity contribution in [3.8, 4) is 0 Å². The molecule has 1 aliphatic heterocycles. The fraction of sp³-hybridized carbons (Fsp3) is 0.400. The summed E-state index contributed by atoms with van der Waals surface area (Å²) >= 11 is 0. The molecule has 1 aliphatic rings. The Bertz CT molecular complexity index is 722. The van der Waals surface area contributed by atoms with Gasteiger partial charge in [0, 0.05) is 25.2 Å². The zero-order valence-corrected chi connectivity index (χ0v) is 14.9. The number of amides is 2. The Balaban J connectivity index is 1.49. The summed E-state index contributed by atoms with van der Waals surface area (Å²) in [6.45, 7) is 3.09. The number of nitrogens with zero attached hydrogens (tertiary/aromatic N) is 1. The van der Waals surface area contributed by atoms with Gasteiger partial charge in [-0.2, -0.15) is 0 Å². The number of carbonyl (C=O) groups excluding carboxylic acids is 2. The van der Waals surface area contributed by atoms with Crippen LogP contribution < -0.4 is 11.1 Å². The summed E-state index contributed by atoms with van der Waals surface area (Å²) in [7, 11) is 0. The molecule has 0 bridgehead atoms. The van der Waals surface area contributed by atoms with Crippen LogP contribution in [-0.4, -0.2) is 35.8 Å². The monoisotopic (exact) mass is 355 g/mol. The lowest BCUT2D eigenvalue weighted by atomic mass is 9.94. The predicted molar refractivity (Wildman–Crippen MR) is 98.3 cm³/mol. The molecule has 0 radical (unpaired) electrons. The number of furan rings is 1. The Kier molecular flexibility index (Phi) is 5.73. The van der Waals surface area contributed by atoms with Crippen LogP contribution in [0.3, 0.4) is 0 Å². The third kappa shape index (κ3) is 4.14. The number of hydrogen-bond acceptors (Lipinski definition) is 4. The average Bonchev–Trinajstić information content (AvgIpc) is 3.22. The first-order valence-electron chi connectivity index (χ1n) is 8.98. The van der Waals surface area contributed by atoms with Gasteiger partial charge in [0.25, 0.3) is 5.91 Å². The molecule has 1 aromatic carbocycles. The summed E-state index contributed by atoms with van der Waals surface area (Å²) in [6.07, 6.45) is 4.44. The lowest BCUT2D eigenvalue weighted by Crippen LogP contribution is -2.48. The molecule has 2 unspecified atom stereocenters. The highest BCUT2D eigenvalue weighted by atomic mass is 16.3. The van der Waals surface area contributed by atoms with Gasteiger partial charge in [-0.05, 0) is 24.5 Å². The van der Waals surface area contributed by atoms with E-state index in [9.17, 15) is 9.59 Å². The summed E-state index contributed by atoms with van der Waals surface area (Å²) in [6, 6.07) is 11.1. The Morgan fingerprint density at radius 1 is 1.19 bits per heavy atom. The normalized spacial score (nSPS) is 17.5. The van der Waals surface area contributed by atoms with Crippen LogP contribution in [0.25, 0.3) is 0 Å². The van der Waals surface area contributed by atoms with Crippen LogP contribution >= 0.6 is 0 Å². The van der Waals surface area contributed by atoms with E-state index in [1.54, 1.807) is 11.0 Å². The fourth-order valence-electron chi connectivity index (χ4n) is 3.26. The van der Waals surface area contributed by atoms with E-state index in [2.05, 4.69) is 5.32 Å².